The highest BCUT2D eigenvalue weighted by molar-refractivity contribution is 6.30. The quantitative estimate of drug-likeness (QED) is 0.129. The fourth-order valence-electron chi connectivity index (χ4n) is 8.55. The molecule has 11 nitrogen and oxygen atoms in total. The minimum Gasteiger partial charge on any atom is -0.481 e. The zero-order valence-corrected chi connectivity index (χ0v) is 33.1. The van der Waals surface area contributed by atoms with E-state index in [-0.39, 0.29) is 45.6 Å². The van der Waals surface area contributed by atoms with Gasteiger partial charge in [-0.15, -0.1) is 0 Å². The van der Waals surface area contributed by atoms with Crippen LogP contribution in [0.5, 0.6) is 11.8 Å². The summed E-state index contributed by atoms with van der Waals surface area (Å²) < 4.78 is 69.5. The van der Waals surface area contributed by atoms with E-state index >= 15 is 0 Å². The van der Waals surface area contributed by atoms with E-state index in [9.17, 15) is 37.4 Å². The number of halogens is 5. The lowest BCUT2D eigenvalue weighted by Crippen LogP contribution is -2.29. The average molecular weight is 836 g/mol. The van der Waals surface area contributed by atoms with Gasteiger partial charge >= 0.3 is 11.9 Å². The molecule has 0 amide bonds. The monoisotopic (exact) mass is 835 g/mol. The number of carboxylic acid groups (broad SMARTS) is 2. The fourth-order valence-corrected chi connectivity index (χ4v) is 8.67. The Morgan fingerprint density at radius 1 is 0.644 bits per heavy atom. The molecule has 2 aliphatic rings. The number of rotatable bonds is 10. The molecule has 310 valence electrons. The number of methoxy groups -OCH3 is 2. The highest BCUT2D eigenvalue weighted by atomic mass is 35.5. The molecule has 0 saturated heterocycles. The Bertz CT molecular complexity index is 2500. The van der Waals surface area contributed by atoms with Crippen LogP contribution in [-0.2, 0) is 9.59 Å². The van der Waals surface area contributed by atoms with E-state index in [4.69, 9.17) is 21.1 Å². The largest absolute Gasteiger partial charge is 0.481 e. The highest BCUT2D eigenvalue weighted by Crippen LogP contribution is 2.42. The number of ether oxygens (including phenoxy) is 2. The summed E-state index contributed by atoms with van der Waals surface area (Å²) in [6.07, 6.45) is 8.92. The standard InChI is InChI=1S/C22H23F2N3O4.C21H19ClF2N2O2/c1-30-18-9-8-13(21(26-18)31-2)20-25-16-10-14(23)15(24)11-17(16)27(20)19(22(28)29)12-6-4-3-5-7-12;22-14-8-6-13(7-9-14)20-25-17-10-15(23)16(24)11-18(17)26(20)19(21(27)28)12-4-2-1-3-5-12/h8-12,19H,3-7H2,1-2H3,(H,28,29);6-12,19H,1-5H2,(H,27,28). The molecule has 2 saturated carbocycles. The molecular formula is C43H42ClF4N5O6. The number of aliphatic carboxylic acids is 2. The van der Waals surface area contributed by atoms with E-state index in [0.29, 0.717) is 27.9 Å². The summed E-state index contributed by atoms with van der Waals surface area (Å²) in [5, 5.41) is 20.8. The second kappa shape index (κ2) is 17.7. The summed E-state index contributed by atoms with van der Waals surface area (Å²) in [7, 11) is 2.89. The zero-order valence-electron chi connectivity index (χ0n) is 32.3. The van der Waals surface area contributed by atoms with Crippen LogP contribution in [0.1, 0.15) is 76.3 Å². The first-order valence-corrected chi connectivity index (χ1v) is 19.8. The SMILES string of the molecule is COc1ccc(-c2nc3cc(F)c(F)cc3n2C(C(=O)O)C2CCCCC2)c(OC)n1.O=C(O)C(C1CCCCC1)n1c(-c2ccc(Cl)cc2)nc2cc(F)c(F)cc21. The number of fused-ring (bicyclic) bond motifs is 2. The van der Waals surface area contributed by atoms with Gasteiger partial charge < -0.3 is 28.8 Å². The number of pyridine rings is 1. The molecule has 0 spiro atoms. The Morgan fingerprint density at radius 3 is 1.56 bits per heavy atom. The van der Waals surface area contributed by atoms with Crippen molar-refractivity contribution in [1.29, 1.82) is 0 Å². The third-order valence-corrected chi connectivity index (χ3v) is 11.6. The van der Waals surface area contributed by atoms with Gasteiger partial charge in [-0.1, -0.05) is 50.1 Å². The van der Waals surface area contributed by atoms with Gasteiger partial charge in [0.2, 0.25) is 11.8 Å². The number of imidazole rings is 2. The highest BCUT2D eigenvalue weighted by Gasteiger charge is 2.36. The molecule has 16 heteroatoms. The maximum atomic E-state index is 14.2. The van der Waals surface area contributed by atoms with Crippen molar-refractivity contribution in [3.63, 3.8) is 0 Å². The second-order valence-electron chi connectivity index (χ2n) is 14.9. The van der Waals surface area contributed by atoms with Crippen molar-refractivity contribution in [2.45, 2.75) is 76.3 Å². The number of nitrogens with zero attached hydrogens (tertiary/aromatic N) is 5. The lowest BCUT2D eigenvalue weighted by molar-refractivity contribution is -0.144. The Morgan fingerprint density at radius 2 is 1.10 bits per heavy atom. The maximum absolute atomic E-state index is 14.2. The first kappa shape index (κ1) is 41.5. The van der Waals surface area contributed by atoms with E-state index in [1.54, 1.807) is 41.0 Å². The van der Waals surface area contributed by atoms with Gasteiger partial charge in [0.05, 0.1) is 41.8 Å². The summed E-state index contributed by atoms with van der Waals surface area (Å²) in [6, 6.07) is 12.2. The van der Waals surface area contributed by atoms with Gasteiger partial charge in [0.15, 0.2) is 23.3 Å². The predicted molar refractivity (Wildman–Crippen MR) is 213 cm³/mol. The Hall–Kier alpha value is -5.70. The third-order valence-electron chi connectivity index (χ3n) is 11.3. The Kier molecular flexibility index (Phi) is 12.4. The molecule has 3 aromatic heterocycles. The maximum Gasteiger partial charge on any atom is 0.327 e. The summed E-state index contributed by atoms with van der Waals surface area (Å²) >= 11 is 5.97. The van der Waals surface area contributed by atoms with Gasteiger partial charge in [0, 0.05) is 40.9 Å². The van der Waals surface area contributed by atoms with Crippen LogP contribution >= 0.6 is 11.6 Å². The van der Waals surface area contributed by atoms with Crippen molar-refractivity contribution in [3.8, 4) is 34.5 Å². The number of carboxylic acids is 2. The van der Waals surface area contributed by atoms with Crippen LogP contribution in [0, 0.1) is 35.1 Å². The lowest BCUT2D eigenvalue weighted by atomic mass is 9.83. The molecule has 0 aliphatic heterocycles. The minimum atomic E-state index is -1.06. The Balaban J connectivity index is 0.000000180. The molecule has 59 heavy (non-hydrogen) atoms. The van der Waals surface area contributed by atoms with Crippen molar-refractivity contribution >= 4 is 45.6 Å². The van der Waals surface area contributed by atoms with Gasteiger partial charge in [-0.3, -0.25) is 0 Å². The number of carbonyl (C=O) groups is 2. The van der Waals surface area contributed by atoms with Crippen LogP contribution in [0.25, 0.3) is 44.8 Å². The zero-order chi connectivity index (χ0) is 42.0. The van der Waals surface area contributed by atoms with Gasteiger partial charge in [0.1, 0.15) is 23.7 Å². The van der Waals surface area contributed by atoms with E-state index in [2.05, 4.69) is 15.0 Å². The normalized spacial score (nSPS) is 16.1. The molecular weight excluding hydrogens is 794 g/mol. The van der Waals surface area contributed by atoms with Crippen LogP contribution in [0.3, 0.4) is 0 Å². The van der Waals surface area contributed by atoms with Gasteiger partial charge in [-0.05, 0) is 67.9 Å². The first-order valence-electron chi connectivity index (χ1n) is 19.4. The van der Waals surface area contributed by atoms with Crippen molar-refractivity contribution in [3.05, 3.63) is 89.0 Å². The summed E-state index contributed by atoms with van der Waals surface area (Å²) in [5.74, 6) is -5.36. The number of benzene rings is 3. The molecule has 0 radical (unpaired) electrons. The predicted octanol–water partition coefficient (Wildman–Crippen LogP) is 10.4. The van der Waals surface area contributed by atoms with Crippen molar-refractivity contribution in [2.24, 2.45) is 11.8 Å². The average Bonchev–Trinajstić information content (AvgIpc) is 3.76. The van der Waals surface area contributed by atoms with Crippen LogP contribution < -0.4 is 9.47 Å². The molecule has 2 unspecified atom stereocenters. The number of aromatic nitrogens is 5. The molecule has 0 bridgehead atoms. The second-order valence-corrected chi connectivity index (χ2v) is 15.3. The van der Waals surface area contributed by atoms with Gasteiger partial charge in [-0.25, -0.2) is 37.1 Å². The van der Waals surface area contributed by atoms with Crippen molar-refractivity contribution < 1.29 is 46.8 Å². The van der Waals surface area contributed by atoms with E-state index in [0.717, 1.165) is 88.5 Å². The topological polar surface area (TPSA) is 142 Å². The van der Waals surface area contributed by atoms with E-state index in [1.165, 1.54) is 18.8 Å². The molecule has 3 heterocycles. The molecule has 6 aromatic rings. The summed E-state index contributed by atoms with van der Waals surface area (Å²) in [5.41, 5.74) is 1.93. The molecule has 8 rings (SSSR count). The summed E-state index contributed by atoms with van der Waals surface area (Å²) in [6.45, 7) is 0. The Labute approximate surface area is 341 Å². The smallest absolute Gasteiger partial charge is 0.327 e. The van der Waals surface area contributed by atoms with Crippen molar-refractivity contribution in [1.82, 2.24) is 24.1 Å². The molecule has 3 aromatic carbocycles. The molecule has 2 fully saturated rings. The van der Waals surface area contributed by atoms with Crippen molar-refractivity contribution in [2.75, 3.05) is 14.2 Å². The van der Waals surface area contributed by atoms with Gasteiger partial charge in [-0.2, -0.15) is 4.98 Å². The molecule has 2 N–H and O–H groups in total. The minimum absolute atomic E-state index is 0.0946. The van der Waals surface area contributed by atoms with Crippen LogP contribution in [-0.4, -0.2) is 60.5 Å². The number of hydrogen-bond donors (Lipinski definition) is 2. The van der Waals surface area contributed by atoms with E-state index in [1.807, 2.05) is 0 Å². The molecule has 2 aliphatic carbocycles. The van der Waals surface area contributed by atoms with Crippen LogP contribution in [0.15, 0.2) is 60.7 Å². The van der Waals surface area contributed by atoms with Crippen LogP contribution in [0.4, 0.5) is 17.6 Å². The van der Waals surface area contributed by atoms with Crippen LogP contribution in [0.2, 0.25) is 5.02 Å². The first-order chi connectivity index (χ1) is 28.4. The third kappa shape index (κ3) is 8.43. The van der Waals surface area contributed by atoms with Gasteiger partial charge in [0.25, 0.3) is 0 Å². The molecule has 2 atom stereocenters. The number of hydrogen-bond acceptors (Lipinski definition) is 7. The lowest BCUT2D eigenvalue weighted by Gasteiger charge is -2.30. The summed E-state index contributed by atoms with van der Waals surface area (Å²) in [4.78, 5) is 37.9. The fraction of sp³-hybridized carbons (Fsp3) is 0.372. The van der Waals surface area contributed by atoms with E-state index < -0.39 is 47.3 Å².